The van der Waals surface area contributed by atoms with E-state index >= 15 is 0 Å². The van der Waals surface area contributed by atoms with Crippen molar-refractivity contribution in [2.75, 3.05) is 6.61 Å². The van der Waals surface area contributed by atoms with Crippen LogP contribution in [-0.2, 0) is 0 Å². The first-order valence-corrected chi connectivity index (χ1v) is 5.58. The summed E-state index contributed by atoms with van der Waals surface area (Å²) < 4.78 is 13.4. The van der Waals surface area contributed by atoms with Crippen LogP contribution in [0.2, 0.25) is 0 Å². The molecule has 3 nitrogen and oxygen atoms in total. The van der Waals surface area contributed by atoms with E-state index < -0.39 is 5.83 Å². The lowest BCUT2D eigenvalue weighted by molar-refractivity contribution is 0.342. The second kappa shape index (κ2) is 5.51. The first-order chi connectivity index (χ1) is 8.70. The van der Waals surface area contributed by atoms with Crippen molar-refractivity contribution in [2.24, 2.45) is 0 Å². The number of hydrogen-bond acceptors (Lipinski definition) is 3. The summed E-state index contributed by atoms with van der Waals surface area (Å²) in [4.78, 5) is 0. The van der Waals surface area contributed by atoms with Gasteiger partial charge in [0, 0.05) is 11.1 Å². The predicted octanol–water partition coefficient (Wildman–Crippen LogP) is 2.75. The Morgan fingerprint density at radius 1 is 1.17 bits per heavy atom. The lowest BCUT2D eigenvalue weighted by atomic mass is 10.1. The average Bonchev–Trinajstić information content (AvgIpc) is 2.40. The first-order valence-electron chi connectivity index (χ1n) is 5.58. The molecular formula is C14H13FN2O. The van der Waals surface area contributed by atoms with Crippen molar-refractivity contribution in [1.29, 1.82) is 0 Å². The molecular weight excluding hydrogens is 231 g/mol. The third kappa shape index (κ3) is 2.78. The molecule has 2 rings (SSSR count). The summed E-state index contributed by atoms with van der Waals surface area (Å²) in [5, 5.41) is 16.7. The summed E-state index contributed by atoms with van der Waals surface area (Å²) in [6, 6.07) is 10.6. The van der Waals surface area contributed by atoms with Crippen molar-refractivity contribution in [3.63, 3.8) is 0 Å². The van der Waals surface area contributed by atoms with Gasteiger partial charge in [-0.15, -0.1) is 0 Å². The quantitative estimate of drug-likeness (QED) is 0.903. The summed E-state index contributed by atoms with van der Waals surface area (Å²) >= 11 is 0. The monoisotopic (exact) mass is 244 g/mol. The molecule has 0 saturated heterocycles. The number of aliphatic hydroxyl groups excluding tert-OH is 1. The van der Waals surface area contributed by atoms with Crippen molar-refractivity contribution >= 4 is 5.83 Å². The van der Waals surface area contributed by atoms with E-state index in [4.69, 9.17) is 5.11 Å². The third-order valence-electron chi connectivity index (χ3n) is 2.52. The maximum absolute atomic E-state index is 13.4. The van der Waals surface area contributed by atoms with Crippen molar-refractivity contribution < 1.29 is 9.50 Å². The summed E-state index contributed by atoms with van der Waals surface area (Å²) in [6.07, 6.45) is 1.13. The zero-order valence-electron chi connectivity index (χ0n) is 9.97. The fourth-order valence-electron chi connectivity index (χ4n) is 1.55. The van der Waals surface area contributed by atoms with Gasteiger partial charge in [0.1, 0.15) is 5.83 Å². The molecule has 1 aromatic heterocycles. The van der Waals surface area contributed by atoms with Crippen molar-refractivity contribution in [3.05, 3.63) is 53.7 Å². The van der Waals surface area contributed by atoms with Crippen LogP contribution in [0.5, 0.6) is 0 Å². The molecule has 0 bridgehead atoms. The normalized spacial score (nSPS) is 11.6. The molecule has 0 aliphatic heterocycles. The third-order valence-corrected chi connectivity index (χ3v) is 2.52. The Labute approximate surface area is 105 Å². The summed E-state index contributed by atoms with van der Waals surface area (Å²) in [5.41, 5.74) is 2.92. The molecule has 0 atom stereocenters. The van der Waals surface area contributed by atoms with Gasteiger partial charge in [-0.1, -0.05) is 24.3 Å². The molecule has 0 fully saturated rings. The van der Waals surface area contributed by atoms with Crippen LogP contribution in [0.15, 0.2) is 42.5 Å². The van der Waals surface area contributed by atoms with Crippen molar-refractivity contribution in [1.82, 2.24) is 10.2 Å². The molecule has 2 aromatic rings. The molecule has 4 heteroatoms. The second-order valence-corrected chi connectivity index (χ2v) is 3.87. The van der Waals surface area contributed by atoms with E-state index in [1.165, 1.54) is 0 Å². The lowest BCUT2D eigenvalue weighted by Gasteiger charge is -2.02. The van der Waals surface area contributed by atoms with Crippen LogP contribution >= 0.6 is 0 Å². The van der Waals surface area contributed by atoms with Crippen LogP contribution in [0.4, 0.5) is 4.39 Å². The molecule has 18 heavy (non-hydrogen) atoms. The van der Waals surface area contributed by atoms with E-state index in [0.29, 0.717) is 5.56 Å². The number of nitrogens with zero attached hydrogens (tertiary/aromatic N) is 2. The molecule has 0 amide bonds. The lowest BCUT2D eigenvalue weighted by Crippen LogP contribution is -1.89. The highest BCUT2D eigenvalue weighted by Gasteiger charge is 2.02. The summed E-state index contributed by atoms with van der Waals surface area (Å²) in [5.74, 6) is -0.431. The maximum Gasteiger partial charge on any atom is 0.128 e. The van der Waals surface area contributed by atoms with Crippen LogP contribution in [0.25, 0.3) is 17.1 Å². The van der Waals surface area contributed by atoms with Crippen molar-refractivity contribution in [2.45, 2.75) is 6.92 Å². The smallest absolute Gasteiger partial charge is 0.128 e. The highest BCUT2D eigenvalue weighted by Crippen LogP contribution is 2.21. The molecule has 0 radical (unpaired) electrons. The summed E-state index contributed by atoms with van der Waals surface area (Å²) in [6.45, 7) is 1.56. The topological polar surface area (TPSA) is 46.0 Å². The molecule has 92 valence electrons. The Hall–Kier alpha value is -2.07. The Balaban J connectivity index is 2.27. The second-order valence-electron chi connectivity index (χ2n) is 3.87. The largest absolute Gasteiger partial charge is 0.392 e. The van der Waals surface area contributed by atoms with Crippen molar-refractivity contribution in [3.8, 4) is 11.3 Å². The zero-order valence-corrected chi connectivity index (χ0v) is 9.97. The average molecular weight is 244 g/mol. The Bertz CT molecular complexity index is 547. The molecule has 1 aromatic carbocycles. The van der Waals surface area contributed by atoms with Gasteiger partial charge in [0.2, 0.25) is 0 Å². The Morgan fingerprint density at radius 2 is 1.89 bits per heavy atom. The van der Waals surface area contributed by atoms with Crippen LogP contribution in [0.3, 0.4) is 0 Å². The minimum absolute atomic E-state index is 0.309. The molecule has 0 saturated carbocycles. The number of aryl methyl sites for hydroxylation is 1. The number of rotatable bonds is 3. The van der Waals surface area contributed by atoms with Gasteiger partial charge in [-0.2, -0.15) is 10.2 Å². The highest BCUT2D eigenvalue weighted by atomic mass is 19.1. The fourth-order valence-corrected chi connectivity index (χ4v) is 1.55. The van der Waals surface area contributed by atoms with Crippen LogP contribution < -0.4 is 0 Å². The minimum Gasteiger partial charge on any atom is -0.392 e. The molecule has 1 heterocycles. The van der Waals surface area contributed by atoms with Gasteiger partial charge in [-0.25, -0.2) is 4.39 Å². The number of aromatic nitrogens is 2. The molecule has 0 aliphatic carbocycles. The standard InChI is InChI=1S/C14H13FN2O/c1-10-2-7-14(17-16-10)12-5-3-11(4-6-12)13(15)8-9-18/h2-8,18H,9H2,1H3/b13-8-. The van der Waals surface area contributed by atoms with Gasteiger partial charge in [-0.05, 0) is 25.1 Å². The number of hydrogen-bond donors (Lipinski definition) is 1. The molecule has 0 aliphatic rings. The molecule has 0 spiro atoms. The van der Waals surface area contributed by atoms with E-state index in [1.54, 1.807) is 24.3 Å². The van der Waals surface area contributed by atoms with Crippen LogP contribution in [0, 0.1) is 6.92 Å². The Morgan fingerprint density at radius 3 is 2.44 bits per heavy atom. The van der Waals surface area contributed by atoms with Gasteiger partial charge in [-0.3, -0.25) is 0 Å². The van der Waals surface area contributed by atoms with E-state index in [0.717, 1.165) is 23.0 Å². The number of halogens is 1. The van der Waals surface area contributed by atoms with Crippen LogP contribution in [0.1, 0.15) is 11.3 Å². The van der Waals surface area contributed by atoms with E-state index in [2.05, 4.69) is 10.2 Å². The SMILES string of the molecule is Cc1ccc(-c2ccc(/C(F)=C/CO)cc2)nn1. The fraction of sp³-hybridized carbons (Fsp3) is 0.143. The first kappa shape index (κ1) is 12.4. The maximum atomic E-state index is 13.4. The molecule has 0 unspecified atom stereocenters. The number of benzene rings is 1. The van der Waals surface area contributed by atoms with Crippen LogP contribution in [-0.4, -0.2) is 21.9 Å². The minimum atomic E-state index is -0.431. The summed E-state index contributed by atoms with van der Waals surface area (Å²) in [7, 11) is 0. The van der Waals surface area contributed by atoms with Gasteiger partial charge in [0.25, 0.3) is 0 Å². The highest BCUT2D eigenvalue weighted by molar-refractivity contribution is 5.65. The van der Waals surface area contributed by atoms with E-state index in [-0.39, 0.29) is 6.61 Å². The zero-order chi connectivity index (χ0) is 13.0. The van der Waals surface area contributed by atoms with Gasteiger partial charge < -0.3 is 5.11 Å². The predicted molar refractivity (Wildman–Crippen MR) is 68.4 cm³/mol. The van der Waals surface area contributed by atoms with E-state index in [9.17, 15) is 4.39 Å². The number of aliphatic hydroxyl groups is 1. The van der Waals surface area contributed by atoms with Gasteiger partial charge >= 0.3 is 0 Å². The van der Waals surface area contributed by atoms with Gasteiger partial charge in [0.05, 0.1) is 18.0 Å². The Kier molecular flexibility index (Phi) is 3.79. The van der Waals surface area contributed by atoms with E-state index in [1.807, 2.05) is 19.1 Å². The van der Waals surface area contributed by atoms with Gasteiger partial charge in [0.15, 0.2) is 0 Å². The molecule has 1 N–H and O–H groups in total.